The standard InChI is InChI=1S/C19H19N3O4/c1-3-26-19(25)14(2)20-21-18(24)16-9-11-22(12-10-16)13-17(23)15-7-5-4-6-8-15/h4-12H,3,13H2,1-2H3/p+1. The highest BCUT2D eigenvalue weighted by atomic mass is 16.5. The van der Waals surface area contributed by atoms with Gasteiger partial charge in [-0.1, -0.05) is 30.3 Å². The quantitative estimate of drug-likeness (QED) is 0.268. The maximum absolute atomic E-state index is 12.2. The number of esters is 1. The summed E-state index contributed by atoms with van der Waals surface area (Å²) >= 11 is 0. The number of aromatic nitrogens is 1. The molecule has 0 saturated heterocycles. The van der Waals surface area contributed by atoms with Crippen LogP contribution in [0.25, 0.3) is 0 Å². The van der Waals surface area contributed by atoms with Crippen molar-refractivity contribution in [3.05, 3.63) is 66.0 Å². The number of Topliss-reactive ketones (excluding diaryl/α,β-unsaturated/α-hetero) is 1. The van der Waals surface area contributed by atoms with Crippen molar-refractivity contribution in [3.63, 3.8) is 0 Å². The molecule has 2 rings (SSSR count). The van der Waals surface area contributed by atoms with Gasteiger partial charge in [0.2, 0.25) is 12.3 Å². The van der Waals surface area contributed by atoms with Gasteiger partial charge in [0.15, 0.2) is 12.4 Å². The molecule has 0 spiro atoms. The molecule has 1 N–H and O–H groups in total. The van der Waals surface area contributed by atoms with Crippen LogP contribution in [0, 0.1) is 0 Å². The molecule has 134 valence electrons. The summed E-state index contributed by atoms with van der Waals surface area (Å²) in [5.74, 6) is -1.07. The van der Waals surface area contributed by atoms with Gasteiger partial charge in [-0.2, -0.15) is 9.67 Å². The Morgan fingerprint density at radius 1 is 1.04 bits per heavy atom. The van der Waals surface area contributed by atoms with Gasteiger partial charge in [-0.25, -0.2) is 10.2 Å². The van der Waals surface area contributed by atoms with Crippen LogP contribution in [0.3, 0.4) is 0 Å². The highest BCUT2D eigenvalue weighted by Gasteiger charge is 2.13. The van der Waals surface area contributed by atoms with Gasteiger partial charge in [0.25, 0.3) is 5.91 Å². The fraction of sp³-hybridized carbons (Fsp3) is 0.211. The lowest BCUT2D eigenvalue weighted by Gasteiger charge is -2.03. The van der Waals surface area contributed by atoms with E-state index in [1.807, 2.05) is 18.2 Å². The number of ether oxygens (including phenoxy) is 1. The molecule has 0 aliphatic carbocycles. The van der Waals surface area contributed by atoms with Gasteiger partial charge in [0.1, 0.15) is 5.71 Å². The maximum Gasteiger partial charge on any atom is 0.354 e. The van der Waals surface area contributed by atoms with Crippen LogP contribution in [0.15, 0.2) is 60.0 Å². The van der Waals surface area contributed by atoms with Gasteiger partial charge in [0, 0.05) is 17.7 Å². The topological polar surface area (TPSA) is 88.7 Å². The third-order valence-corrected chi connectivity index (χ3v) is 3.47. The van der Waals surface area contributed by atoms with Gasteiger partial charge in [-0.15, -0.1) is 0 Å². The fourth-order valence-electron chi connectivity index (χ4n) is 2.08. The number of ketones is 1. The van der Waals surface area contributed by atoms with Crippen molar-refractivity contribution in [1.29, 1.82) is 0 Å². The Kier molecular flexibility index (Phi) is 6.73. The molecule has 7 heteroatoms. The van der Waals surface area contributed by atoms with Crippen LogP contribution in [0.4, 0.5) is 0 Å². The van der Waals surface area contributed by atoms with Gasteiger partial charge in [0.05, 0.1) is 12.2 Å². The first-order chi connectivity index (χ1) is 12.5. The SMILES string of the molecule is CCOC(=O)C(C)=NNC(=O)c1cc[n+](CC(=O)c2ccccc2)cc1. The van der Waals surface area contributed by atoms with Gasteiger partial charge in [-0.3, -0.25) is 9.59 Å². The van der Waals surface area contributed by atoms with Crippen LogP contribution >= 0.6 is 0 Å². The molecule has 1 aromatic heterocycles. The number of nitrogens with one attached hydrogen (secondary N) is 1. The molecule has 0 saturated carbocycles. The van der Waals surface area contributed by atoms with E-state index in [4.69, 9.17) is 4.74 Å². The van der Waals surface area contributed by atoms with Gasteiger partial charge >= 0.3 is 5.97 Å². The minimum absolute atomic E-state index is 0.0255. The Labute approximate surface area is 151 Å². The van der Waals surface area contributed by atoms with Crippen molar-refractivity contribution in [1.82, 2.24) is 5.43 Å². The molecule has 1 aromatic carbocycles. The molecule has 1 amide bonds. The van der Waals surface area contributed by atoms with Crippen molar-refractivity contribution in [2.75, 3.05) is 6.61 Å². The highest BCUT2D eigenvalue weighted by Crippen LogP contribution is 2.00. The average Bonchev–Trinajstić information content (AvgIpc) is 2.67. The maximum atomic E-state index is 12.2. The Balaban J connectivity index is 1.96. The van der Waals surface area contributed by atoms with E-state index in [0.717, 1.165) is 0 Å². The smallest absolute Gasteiger partial charge is 0.354 e. The Morgan fingerprint density at radius 2 is 1.69 bits per heavy atom. The molecule has 26 heavy (non-hydrogen) atoms. The van der Waals surface area contributed by atoms with E-state index >= 15 is 0 Å². The largest absolute Gasteiger partial charge is 0.461 e. The van der Waals surface area contributed by atoms with Crippen molar-refractivity contribution in [3.8, 4) is 0 Å². The zero-order valence-electron chi connectivity index (χ0n) is 14.6. The third-order valence-electron chi connectivity index (χ3n) is 3.47. The number of rotatable bonds is 7. The summed E-state index contributed by atoms with van der Waals surface area (Å²) in [5, 5.41) is 3.71. The molecule has 0 radical (unpaired) electrons. The van der Waals surface area contributed by atoms with E-state index in [-0.39, 0.29) is 24.6 Å². The van der Waals surface area contributed by atoms with Crippen LogP contribution in [0.5, 0.6) is 0 Å². The van der Waals surface area contributed by atoms with Crippen LogP contribution in [-0.4, -0.2) is 30.0 Å². The van der Waals surface area contributed by atoms with Crippen molar-refractivity contribution >= 4 is 23.4 Å². The predicted molar refractivity (Wildman–Crippen MR) is 94.6 cm³/mol. The molecule has 1 heterocycles. The lowest BCUT2D eigenvalue weighted by Crippen LogP contribution is -2.37. The van der Waals surface area contributed by atoms with Crippen molar-refractivity contribution in [2.24, 2.45) is 5.10 Å². The second-order valence-electron chi connectivity index (χ2n) is 5.41. The minimum atomic E-state index is -0.585. The first-order valence-corrected chi connectivity index (χ1v) is 8.10. The Bertz CT molecular complexity index is 814. The van der Waals surface area contributed by atoms with E-state index in [1.165, 1.54) is 6.92 Å². The second kappa shape index (κ2) is 9.22. The van der Waals surface area contributed by atoms with Crippen molar-refractivity contribution < 1.29 is 23.7 Å². The van der Waals surface area contributed by atoms with Gasteiger partial charge in [-0.05, 0) is 13.8 Å². The van der Waals surface area contributed by atoms with E-state index in [1.54, 1.807) is 48.1 Å². The molecular formula is C19H20N3O4+. The Hall–Kier alpha value is -3.35. The number of pyridine rings is 1. The summed E-state index contributed by atoms with van der Waals surface area (Å²) in [7, 11) is 0. The molecule has 0 bridgehead atoms. The second-order valence-corrected chi connectivity index (χ2v) is 5.41. The van der Waals surface area contributed by atoms with Gasteiger partial charge < -0.3 is 4.74 Å². The fourth-order valence-corrected chi connectivity index (χ4v) is 2.08. The van der Waals surface area contributed by atoms with Crippen LogP contribution in [-0.2, 0) is 16.1 Å². The summed E-state index contributed by atoms with van der Waals surface area (Å²) < 4.78 is 6.45. The van der Waals surface area contributed by atoms with E-state index in [0.29, 0.717) is 11.1 Å². The van der Waals surface area contributed by atoms with E-state index < -0.39 is 11.9 Å². The lowest BCUT2D eigenvalue weighted by molar-refractivity contribution is -0.683. The highest BCUT2D eigenvalue weighted by molar-refractivity contribution is 6.35. The number of carbonyl (C=O) groups is 3. The molecule has 0 aliphatic heterocycles. The van der Waals surface area contributed by atoms with Crippen LogP contribution in [0.1, 0.15) is 34.6 Å². The number of nitrogens with zero attached hydrogens (tertiary/aromatic N) is 2. The number of benzene rings is 1. The van der Waals surface area contributed by atoms with E-state index in [2.05, 4.69) is 10.5 Å². The summed E-state index contributed by atoms with van der Waals surface area (Å²) in [6.07, 6.45) is 3.27. The monoisotopic (exact) mass is 354 g/mol. The normalized spacial score (nSPS) is 10.9. The molecular weight excluding hydrogens is 334 g/mol. The average molecular weight is 354 g/mol. The van der Waals surface area contributed by atoms with Crippen LogP contribution in [0.2, 0.25) is 0 Å². The zero-order valence-corrected chi connectivity index (χ0v) is 14.6. The number of carbonyl (C=O) groups excluding carboxylic acids is 3. The molecule has 0 unspecified atom stereocenters. The van der Waals surface area contributed by atoms with Crippen molar-refractivity contribution in [2.45, 2.75) is 20.4 Å². The molecule has 7 nitrogen and oxygen atoms in total. The Morgan fingerprint density at radius 3 is 2.31 bits per heavy atom. The number of amides is 1. The number of hydrazone groups is 1. The lowest BCUT2D eigenvalue weighted by atomic mass is 10.1. The molecule has 0 atom stereocenters. The summed E-state index contributed by atoms with van der Waals surface area (Å²) in [6.45, 7) is 3.55. The number of hydrogen-bond donors (Lipinski definition) is 1. The zero-order chi connectivity index (χ0) is 18.9. The molecule has 2 aromatic rings. The predicted octanol–water partition coefficient (Wildman–Crippen LogP) is 1.53. The first-order valence-electron chi connectivity index (χ1n) is 8.10. The summed E-state index contributed by atoms with van der Waals surface area (Å²) in [4.78, 5) is 35.6. The number of hydrogen-bond acceptors (Lipinski definition) is 5. The molecule has 0 aliphatic rings. The van der Waals surface area contributed by atoms with E-state index in [9.17, 15) is 14.4 Å². The summed E-state index contributed by atoms with van der Waals surface area (Å²) in [5.41, 5.74) is 3.34. The first kappa shape index (κ1) is 19.0. The minimum Gasteiger partial charge on any atom is -0.461 e. The third kappa shape index (κ3) is 5.34. The molecule has 0 fully saturated rings. The van der Waals surface area contributed by atoms with Crippen LogP contribution < -0.4 is 9.99 Å². The summed E-state index contributed by atoms with van der Waals surface area (Å²) in [6, 6.07) is 12.1.